The van der Waals surface area contributed by atoms with Crippen LogP contribution in [0.3, 0.4) is 0 Å². The molecule has 20 heavy (non-hydrogen) atoms. The van der Waals surface area contributed by atoms with Gasteiger partial charge in [-0.2, -0.15) is 0 Å². The van der Waals surface area contributed by atoms with Gasteiger partial charge in [0.25, 0.3) is 0 Å². The molecule has 1 aromatic heterocycles. The maximum absolute atomic E-state index is 10.8. The monoisotopic (exact) mass is 299 g/mol. The Morgan fingerprint density at radius 3 is 2.90 bits per heavy atom. The summed E-state index contributed by atoms with van der Waals surface area (Å²) in [6.07, 6.45) is 1.30. The van der Waals surface area contributed by atoms with Crippen molar-refractivity contribution in [1.82, 2.24) is 9.88 Å². The fourth-order valence-corrected chi connectivity index (χ4v) is 2.33. The molecule has 1 unspecified atom stereocenters. The van der Waals surface area contributed by atoms with Crippen LogP contribution >= 0.6 is 11.6 Å². The molecule has 0 amide bonds. The Bertz CT molecular complexity index is 478. The zero-order valence-electron chi connectivity index (χ0n) is 11.3. The number of hydrogen-bond acceptors (Lipinski definition) is 5. The number of carbonyl (C=O) groups is 1. The first kappa shape index (κ1) is 15.0. The Morgan fingerprint density at radius 1 is 1.60 bits per heavy atom. The largest absolute Gasteiger partial charge is 0.478 e. The molecule has 110 valence electrons. The molecule has 0 radical (unpaired) electrons. The van der Waals surface area contributed by atoms with Crippen molar-refractivity contribution in [2.75, 3.05) is 38.2 Å². The van der Waals surface area contributed by atoms with E-state index in [2.05, 4.69) is 15.2 Å². The van der Waals surface area contributed by atoms with Crippen LogP contribution in [-0.4, -0.2) is 59.8 Å². The number of halogens is 1. The highest BCUT2D eigenvalue weighted by atomic mass is 35.5. The molecule has 7 heteroatoms. The molecule has 1 atom stereocenters. The SMILES string of the molecule is CC(CN1CCOCC1)Nc1ncc(C(=O)O)cc1Cl. The van der Waals surface area contributed by atoms with E-state index in [9.17, 15) is 4.79 Å². The van der Waals surface area contributed by atoms with Crippen molar-refractivity contribution in [3.63, 3.8) is 0 Å². The molecule has 0 aliphatic carbocycles. The number of nitrogens with one attached hydrogen (secondary N) is 1. The van der Waals surface area contributed by atoms with Gasteiger partial charge >= 0.3 is 5.97 Å². The summed E-state index contributed by atoms with van der Waals surface area (Å²) in [5.41, 5.74) is 0.0846. The molecule has 2 N–H and O–H groups in total. The minimum absolute atomic E-state index is 0.0846. The van der Waals surface area contributed by atoms with Crippen molar-refractivity contribution in [3.8, 4) is 0 Å². The third kappa shape index (κ3) is 4.06. The third-order valence-electron chi connectivity index (χ3n) is 3.11. The third-order valence-corrected chi connectivity index (χ3v) is 3.40. The Labute approximate surface area is 122 Å². The van der Waals surface area contributed by atoms with Crippen molar-refractivity contribution in [2.45, 2.75) is 13.0 Å². The van der Waals surface area contributed by atoms with Crippen LogP contribution in [0.4, 0.5) is 5.82 Å². The second-order valence-corrected chi connectivity index (χ2v) is 5.23. The van der Waals surface area contributed by atoms with E-state index >= 15 is 0 Å². The summed E-state index contributed by atoms with van der Waals surface area (Å²) in [7, 11) is 0. The van der Waals surface area contributed by atoms with Crippen molar-refractivity contribution in [3.05, 3.63) is 22.8 Å². The van der Waals surface area contributed by atoms with Gasteiger partial charge in [-0.1, -0.05) is 11.6 Å². The molecule has 1 aliphatic rings. The number of anilines is 1. The van der Waals surface area contributed by atoms with E-state index in [-0.39, 0.29) is 11.6 Å². The number of rotatable bonds is 5. The van der Waals surface area contributed by atoms with E-state index in [1.54, 1.807) is 0 Å². The summed E-state index contributed by atoms with van der Waals surface area (Å²) < 4.78 is 5.30. The summed E-state index contributed by atoms with van der Waals surface area (Å²) >= 11 is 6.04. The van der Waals surface area contributed by atoms with Gasteiger partial charge in [0.05, 0.1) is 23.8 Å². The Balaban J connectivity index is 1.93. The van der Waals surface area contributed by atoms with Gasteiger partial charge in [0.2, 0.25) is 0 Å². The minimum atomic E-state index is -1.03. The average molecular weight is 300 g/mol. The quantitative estimate of drug-likeness (QED) is 0.859. The zero-order chi connectivity index (χ0) is 14.5. The molecule has 2 rings (SSSR count). The molecule has 2 heterocycles. The van der Waals surface area contributed by atoms with Crippen molar-refractivity contribution < 1.29 is 14.6 Å². The minimum Gasteiger partial charge on any atom is -0.478 e. The second kappa shape index (κ2) is 6.88. The molecule has 0 bridgehead atoms. The zero-order valence-corrected chi connectivity index (χ0v) is 12.1. The van der Waals surface area contributed by atoms with Gasteiger partial charge in [-0.05, 0) is 13.0 Å². The van der Waals surface area contributed by atoms with Crippen LogP contribution in [0.15, 0.2) is 12.3 Å². The van der Waals surface area contributed by atoms with Crippen LogP contribution in [-0.2, 0) is 4.74 Å². The van der Waals surface area contributed by atoms with Gasteiger partial charge in [0.1, 0.15) is 5.82 Å². The highest BCUT2D eigenvalue weighted by molar-refractivity contribution is 6.33. The lowest BCUT2D eigenvalue weighted by Crippen LogP contribution is -2.42. The number of hydrogen-bond donors (Lipinski definition) is 2. The van der Waals surface area contributed by atoms with Crippen molar-refractivity contribution in [2.24, 2.45) is 0 Å². The van der Waals surface area contributed by atoms with E-state index in [4.69, 9.17) is 21.4 Å². The molecule has 0 saturated carbocycles. The maximum Gasteiger partial charge on any atom is 0.337 e. The van der Waals surface area contributed by atoms with Crippen molar-refractivity contribution in [1.29, 1.82) is 0 Å². The Hall–Kier alpha value is -1.37. The highest BCUT2D eigenvalue weighted by Gasteiger charge is 2.15. The maximum atomic E-state index is 10.8. The van der Waals surface area contributed by atoms with Crippen LogP contribution in [0.25, 0.3) is 0 Å². The molecule has 6 nitrogen and oxygen atoms in total. The van der Waals surface area contributed by atoms with Crippen LogP contribution in [0.1, 0.15) is 17.3 Å². The normalized spacial score (nSPS) is 17.7. The Kier molecular flexibility index (Phi) is 5.17. The number of aromatic carboxylic acids is 1. The highest BCUT2D eigenvalue weighted by Crippen LogP contribution is 2.21. The van der Waals surface area contributed by atoms with E-state index in [1.165, 1.54) is 12.3 Å². The number of morpholine rings is 1. The first-order valence-electron chi connectivity index (χ1n) is 6.51. The predicted molar refractivity (Wildman–Crippen MR) is 76.6 cm³/mol. The summed E-state index contributed by atoms with van der Waals surface area (Å²) in [4.78, 5) is 17.2. The number of nitrogens with zero attached hydrogens (tertiary/aromatic N) is 2. The van der Waals surface area contributed by atoms with Gasteiger partial charge in [-0.25, -0.2) is 9.78 Å². The number of carboxylic acids is 1. The second-order valence-electron chi connectivity index (χ2n) is 4.82. The number of aromatic nitrogens is 1. The first-order valence-corrected chi connectivity index (χ1v) is 6.89. The summed E-state index contributed by atoms with van der Waals surface area (Å²) in [5.74, 6) is -0.523. The van der Waals surface area contributed by atoms with Gasteiger partial charge < -0.3 is 15.2 Å². The van der Waals surface area contributed by atoms with E-state index in [0.717, 1.165) is 32.8 Å². The Morgan fingerprint density at radius 2 is 2.30 bits per heavy atom. The topological polar surface area (TPSA) is 74.7 Å². The smallest absolute Gasteiger partial charge is 0.337 e. The molecule has 1 fully saturated rings. The molecular formula is C13H18ClN3O3. The van der Waals surface area contributed by atoms with Gasteiger partial charge in [-0.15, -0.1) is 0 Å². The van der Waals surface area contributed by atoms with Gasteiger partial charge in [-0.3, -0.25) is 4.90 Å². The van der Waals surface area contributed by atoms with E-state index < -0.39 is 5.97 Å². The molecule has 1 aromatic rings. The number of carboxylic acid groups (broad SMARTS) is 1. The molecule has 1 aliphatic heterocycles. The van der Waals surface area contributed by atoms with E-state index in [0.29, 0.717) is 10.8 Å². The van der Waals surface area contributed by atoms with Crippen LogP contribution in [0.2, 0.25) is 5.02 Å². The fourth-order valence-electron chi connectivity index (χ4n) is 2.11. The van der Waals surface area contributed by atoms with Crippen LogP contribution < -0.4 is 5.32 Å². The standard InChI is InChI=1S/C13H18ClN3O3/c1-9(8-17-2-4-20-5-3-17)16-12-11(14)6-10(7-15-12)13(18)19/h6-7,9H,2-5,8H2,1H3,(H,15,16)(H,18,19). The summed E-state index contributed by atoms with van der Waals surface area (Å²) in [6, 6.07) is 1.56. The fraction of sp³-hybridized carbons (Fsp3) is 0.538. The van der Waals surface area contributed by atoms with Crippen molar-refractivity contribution >= 4 is 23.4 Å². The molecule has 0 spiro atoms. The summed E-state index contributed by atoms with van der Waals surface area (Å²) in [5, 5.41) is 12.4. The average Bonchev–Trinajstić information content (AvgIpc) is 2.42. The first-order chi connectivity index (χ1) is 9.56. The summed E-state index contributed by atoms with van der Waals surface area (Å²) in [6.45, 7) is 6.27. The molecule has 0 aromatic carbocycles. The van der Waals surface area contributed by atoms with Gasteiger partial charge in [0, 0.05) is 31.9 Å². The van der Waals surface area contributed by atoms with Crippen LogP contribution in [0.5, 0.6) is 0 Å². The lowest BCUT2D eigenvalue weighted by molar-refractivity contribution is 0.0368. The number of pyridine rings is 1. The van der Waals surface area contributed by atoms with E-state index in [1.807, 2.05) is 6.92 Å². The predicted octanol–water partition coefficient (Wildman–Crippen LogP) is 1.57. The number of ether oxygens (including phenoxy) is 1. The van der Waals surface area contributed by atoms with Gasteiger partial charge in [0.15, 0.2) is 0 Å². The lowest BCUT2D eigenvalue weighted by Gasteiger charge is -2.29. The molecular weight excluding hydrogens is 282 g/mol. The lowest BCUT2D eigenvalue weighted by atomic mass is 10.2. The van der Waals surface area contributed by atoms with Crippen LogP contribution in [0, 0.1) is 0 Å². The molecule has 1 saturated heterocycles.